The summed E-state index contributed by atoms with van der Waals surface area (Å²) in [4.78, 5) is 0. The summed E-state index contributed by atoms with van der Waals surface area (Å²) in [6.07, 6.45) is 5.61. The largest absolute Gasteiger partial charge is 0.349 e. The summed E-state index contributed by atoms with van der Waals surface area (Å²) in [5.74, 6) is 3.54. The van der Waals surface area contributed by atoms with Gasteiger partial charge in [0.25, 0.3) is 0 Å². The van der Waals surface area contributed by atoms with Crippen LogP contribution < -0.4 is 0 Å². The summed E-state index contributed by atoms with van der Waals surface area (Å²) in [6, 6.07) is 2.23. The second kappa shape index (κ2) is 4.37. The molecule has 1 heteroatoms. The van der Waals surface area contributed by atoms with Crippen molar-refractivity contribution in [2.45, 2.75) is 53.5 Å². The van der Waals surface area contributed by atoms with E-state index < -0.39 is 0 Å². The lowest BCUT2D eigenvalue weighted by atomic mass is 9.86. The lowest BCUT2D eigenvalue weighted by Crippen LogP contribution is -2.16. The highest BCUT2D eigenvalue weighted by atomic mass is 15.0. The van der Waals surface area contributed by atoms with Crippen LogP contribution >= 0.6 is 0 Å². The van der Waals surface area contributed by atoms with Crippen LogP contribution in [0.5, 0.6) is 0 Å². The number of hydrogen-bond acceptors (Lipinski definition) is 0. The lowest BCUT2D eigenvalue weighted by Gasteiger charge is -2.19. The lowest BCUT2D eigenvalue weighted by molar-refractivity contribution is 0.506. The van der Waals surface area contributed by atoms with Crippen LogP contribution in [-0.2, 0) is 12.0 Å². The zero-order chi connectivity index (χ0) is 12.5. The number of hydrogen-bond donors (Lipinski definition) is 0. The van der Waals surface area contributed by atoms with Crippen molar-refractivity contribution in [1.29, 1.82) is 0 Å². The third kappa shape index (κ3) is 2.32. The Hall–Kier alpha value is -1.16. The molecule has 0 aliphatic carbocycles. The molecule has 0 N–H and O–H groups in total. The van der Waals surface area contributed by atoms with Gasteiger partial charge in [-0.15, -0.1) is 6.42 Å². The third-order valence-corrected chi connectivity index (χ3v) is 3.16. The summed E-state index contributed by atoms with van der Waals surface area (Å²) < 4.78 is 2.37. The SMILES string of the molecule is C#CC(C)(C)c1cc(C)n(CC(C)C)c1C. The number of terminal acetylenes is 1. The van der Waals surface area contributed by atoms with Gasteiger partial charge >= 0.3 is 0 Å². The molecule has 0 amide bonds. The van der Waals surface area contributed by atoms with E-state index in [0.29, 0.717) is 5.92 Å². The van der Waals surface area contributed by atoms with E-state index in [0.717, 1.165) is 6.54 Å². The maximum atomic E-state index is 5.61. The first kappa shape index (κ1) is 12.9. The average Bonchev–Trinajstić information content (AvgIpc) is 2.46. The predicted octanol–water partition coefficient (Wildman–Crippen LogP) is 3.67. The van der Waals surface area contributed by atoms with Crippen molar-refractivity contribution < 1.29 is 0 Å². The first-order chi connectivity index (χ1) is 7.29. The van der Waals surface area contributed by atoms with Crippen LogP contribution in [0, 0.1) is 32.1 Å². The molecule has 0 unspecified atom stereocenters. The molecule has 1 heterocycles. The molecule has 1 nitrogen and oxygen atoms in total. The number of nitrogens with zero attached hydrogens (tertiary/aromatic N) is 1. The number of aryl methyl sites for hydroxylation is 1. The quantitative estimate of drug-likeness (QED) is 0.681. The van der Waals surface area contributed by atoms with Crippen molar-refractivity contribution in [2.24, 2.45) is 5.92 Å². The molecule has 0 aromatic carbocycles. The van der Waals surface area contributed by atoms with Gasteiger partial charge in [0.05, 0.1) is 5.41 Å². The summed E-state index contributed by atoms with van der Waals surface area (Å²) >= 11 is 0. The van der Waals surface area contributed by atoms with Gasteiger partial charge in [-0.3, -0.25) is 0 Å². The van der Waals surface area contributed by atoms with Gasteiger partial charge in [0.15, 0.2) is 0 Å². The predicted molar refractivity (Wildman–Crippen MR) is 70.6 cm³/mol. The van der Waals surface area contributed by atoms with E-state index in [1.54, 1.807) is 0 Å². The van der Waals surface area contributed by atoms with Crippen molar-refractivity contribution in [1.82, 2.24) is 4.57 Å². The molecule has 0 spiro atoms. The van der Waals surface area contributed by atoms with E-state index in [9.17, 15) is 0 Å². The summed E-state index contributed by atoms with van der Waals surface area (Å²) in [6.45, 7) is 14.1. The molecule has 1 aromatic heterocycles. The zero-order valence-electron chi connectivity index (χ0n) is 11.4. The summed E-state index contributed by atoms with van der Waals surface area (Å²) in [5.41, 5.74) is 3.74. The smallest absolute Gasteiger partial charge is 0.0521 e. The second-order valence-electron chi connectivity index (χ2n) is 5.56. The fourth-order valence-electron chi connectivity index (χ4n) is 2.16. The molecular formula is C15H23N. The highest BCUT2D eigenvalue weighted by Gasteiger charge is 2.23. The van der Waals surface area contributed by atoms with Crippen molar-refractivity contribution in [3.8, 4) is 12.3 Å². The first-order valence-electron chi connectivity index (χ1n) is 5.94. The average molecular weight is 217 g/mol. The molecule has 0 aliphatic heterocycles. The Bertz CT molecular complexity index is 413. The molecule has 0 saturated heterocycles. The standard InChI is InChI=1S/C15H23N/c1-8-15(6,7)14-9-12(4)16(13(14)5)10-11(2)3/h1,9,11H,10H2,2-7H3. The van der Waals surface area contributed by atoms with Crippen LogP contribution in [-0.4, -0.2) is 4.57 Å². The molecule has 1 aromatic rings. The van der Waals surface area contributed by atoms with Gasteiger partial charge in [-0.25, -0.2) is 0 Å². The van der Waals surface area contributed by atoms with Crippen molar-refractivity contribution >= 4 is 0 Å². The fourth-order valence-corrected chi connectivity index (χ4v) is 2.16. The van der Waals surface area contributed by atoms with Gasteiger partial charge in [0.2, 0.25) is 0 Å². The van der Waals surface area contributed by atoms with Crippen molar-refractivity contribution in [2.75, 3.05) is 0 Å². The van der Waals surface area contributed by atoms with Crippen LogP contribution in [0.3, 0.4) is 0 Å². The van der Waals surface area contributed by atoms with Crippen LogP contribution in [0.15, 0.2) is 6.07 Å². The summed E-state index contributed by atoms with van der Waals surface area (Å²) in [5, 5.41) is 0. The van der Waals surface area contributed by atoms with Crippen LogP contribution in [0.4, 0.5) is 0 Å². The molecule has 0 atom stereocenters. The number of rotatable bonds is 3. The van der Waals surface area contributed by atoms with E-state index in [4.69, 9.17) is 6.42 Å². The third-order valence-electron chi connectivity index (χ3n) is 3.16. The van der Waals surface area contributed by atoms with E-state index in [1.165, 1.54) is 17.0 Å². The minimum absolute atomic E-state index is 0.170. The monoisotopic (exact) mass is 217 g/mol. The summed E-state index contributed by atoms with van der Waals surface area (Å²) in [7, 11) is 0. The van der Waals surface area contributed by atoms with E-state index in [-0.39, 0.29) is 5.41 Å². The van der Waals surface area contributed by atoms with Crippen LogP contribution in [0.25, 0.3) is 0 Å². The van der Waals surface area contributed by atoms with Crippen molar-refractivity contribution in [3.05, 3.63) is 23.0 Å². The molecule has 0 aliphatic rings. The molecule has 16 heavy (non-hydrogen) atoms. The molecular weight excluding hydrogens is 194 g/mol. The van der Waals surface area contributed by atoms with Crippen molar-refractivity contribution in [3.63, 3.8) is 0 Å². The molecule has 0 bridgehead atoms. The normalized spacial score (nSPS) is 11.9. The fraction of sp³-hybridized carbons (Fsp3) is 0.600. The molecule has 0 fully saturated rings. The van der Waals surface area contributed by atoms with Gasteiger partial charge in [0, 0.05) is 17.9 Å². The molecule has 0 saturated carbocycles. The van der Waals surface area contributed by atoms with Gasteiger partial charge in [-0.1, -0.05) is 19.8 Å². The minimum Gasteiger partial charge on any atom is -0.349 e. The van der Waals surface area contributed by atoms with Crippen LogP contribution in [0.2, 0.25) is 0 Å². The maximum absolute atomic E-state index is 5.61. The van der Waals surface area contributed by atoms with Gasteiger partial charge in [0.1, 0.15) is 0 Å². The maximum Gasteiger partial charge on any atom is 0.0521 e. The van der Waals surface area contributed by atoms with E-state index >= 15 is 0 Å². The minimum atomic E-state index is -0.170. The van der Waals surface area contributed by atoms with E-state index in [1.807, 2.05) is 0 Å². The molecule has 0 radical (unpaired) electrons. The molecule has 88 valence electrons. The highest BCUT2D eigenvalue weighted by Crippen LogP contribution is 2.28. The molecule has 1 rings (SSSR count). The zero-order valence-corrected chi connectivity index (χ0v) is 11.4. The Morgan fingerprint density at radius 2 is 1.94 bits per heavy atom. The van der Waals surface area contributed by atoms with Gasteiger partial charge < -0.3 is 4.57 Å². The Morgan fingerprint density at radius 1 is 1.38 bits per heavy atom. The van der Waals surface area contributed by atoms with Crippen LogP contribution in [0.1, 0.15) is 44.6 Å². The Kier molecular flexibility index (Phi) is 3.53. The first-order valence-corrected chi connectivity index (χ1v) is 5.94. The van der Waals surface area contributed by atoms with E-state index in [2.05, 4.69) is 58.1 Å². The second-order valence-corrected chi connectivity index (χ2v) is 5.56. The number of aromatic nitrogens is 1. The van der Waals surface area contributed by atoms with Gasteiger partial charge in [-0.05, 0) is 45.2 Å². The topological polar surface area (TPSA) is 4.93 Å². The highest BCUT2D eigenvalue weighted by molar-refractivity contribution is 5.38. The Balaban J connectivity index is 3.23. The Labute approximate surface area is 99.9 Å². The Morgan fingerprint density at radius 3 is 2.38 bits per heavy atom. The van der Waals surface area contributed by atoms with Gasteiger partial charge in [-0.2, -0.15) is 0 Å².